The van der Waals surface area contributed by atoms with E-state index in [1.165, 1.54) is 96.3 Å². The summed E-state index contributed by atoms with van der Waals surface area (Å²) in [6.45, 7) is 20.2. The largest absolute Gasteiger partial charge is 0.906 e. The summed E-state index contributed by atoms with van der Waals surface area (Å²) in [5.41, 5.74) is -0.591. The van der Waals surface area contributed by atoms with Gasteiger partial charge in [-0.15, -0.1) is 0 Å². The molecule has 3 nitrogen and oxygen atoms in total. The first kappa shape index (κ1) is 34.4. The molecule has 0 radical (unpaired) electrons. The highest BCUT2D eigenvalue weighted by molar-refractivity contribution is 6.36. The van der Waals surface area contributed by atoms with E-state index in [9.17, 15) is 0 Å². The fourth-order valence-electron chi connectivity index (χ4n) is 4.49. The lowest BCUT2D eigenvalue weighted by molar-refractivity contribution is -0.0715. The van der Waals surface area contributed by atoms with Crippen LogP contribution in [0.4, 0.5) is 0 Å². The van der Waals surface area contributed by atoms with Crippen LogP contribution in [-0.2, 0) is 11.4 Å². The molecule has 0 aromatic heterocycles. The first-order valence-electron chi connectivity index (χ1n) is 15.0. The Kier molecular flexibility index (Phi) is 19.8. The third-order valence-electron chi connectivity index (χ3n) is 6.89. The van der Waals surface area contributed by atoms with Crippen molar-refractivity contribution in [3.05, 3.63) is 0 Å². The Balaban J connectivity index is 4.97. The van der Waals surface area contributed by atoms with Gasteiger partial charge in [0.1, 0.15) is 0 Å². The molecule has 0 saturated carbocycles. The zero-order valence-electron chi connectivity index (χ0n) is 25.0. The van der Waals surface area contributed by atoms with E-state index in [4.69, 9.17) is 11.4 Å². The molecule has 0 saturated heterocycles. The van der Waals surface area contributed by atoms with Crippen LogP contribution in [-0.4, -0.2) is 32.0 Å². The van der Waals surface area contributed by atoms with Gasteiger partial charge in [0.15, 0.2) is 0 Å². The van der Waals surface area contributed by atoms with Gasteiger partial charge in [-0.05, 0) is 60.8 Å². The van der Waals surface area contributed by atoms with Gasteiger partial charge in [0.2, 0.25) is 0 Å². The van der Waals surface area contributed by atoms with Crippen molar-refractivity contribution in [2.24, 2.45) is 0 Å². The molecule has 0 unspecified atom stereocenters. The molecule has 0 rings (SSSR count). The zero-order chi connectivity index (χ0) is 25.9. The predicted molar refractivity (Wildman–Crippen MR) is 151 cm³/mol. The Hall–Kier alpha value is 0.412. The van der Waals surface area contributed by atoms with Crippen molar-refractivity contribution in [1.29, 1.82) is 0 Å². The topological polar surface area (TPSA) is 27.7 Å². The van der Waals surface area contributed by atoms with Crippen molar-refractivity contribution in [1.82, 2.24) is 0 Å². The third kappa shape index (κ3) is 20.6. The van der Waals surface area contributed by atoms with Crippen LogP contribution in [0.25, 0.3) is 0 Å². The van der Waals surface area contributed by atoms with Crippen LogP contribution in [0, 0.1) is 0 Å². The molecule has 0 spiro atoms. The second-order valence-electron chi connectivity index (χ2n) is 12.4. The minimum atomic E-state index is -2.30. The lowest BCUT2D eigenvalue weighted by Gasteiger charge is -2.37. The van der Waals surface area contributed by atoms with Crippen molar-refractivity contribution in [2.45, 2.75) is 195 Å². The Labute approximate surface area is 220 Å². The minimum Gasteiger partial charge on any atom is -0.450 e. The molecule has 0 aliphatic heterocycles. The number of hydrogen-bond donors (Lipinski definition) is 0. The highest BCUT2D eigenvalue weighted by atomic mass is 27.3. The maximum atomic E-state index is 6.70. The molecule has 204 valence electrons. The molecule has 0 aliphatic carbocycles. The average molecular weight is 499 g/mol. The van der Waals surface area contributed by atoms with E-state index in [-0.39, 0.29) is 16.8 Å². The van der Waals surface area contributed by atoms with Crippen LogP contribution in [0.1, 0.15) is 178 Å². The van der Waals surface area contributed by atoms with Crippen LogP contribution >= 0.6 is 0 Å². The molecule has 34 heavy (non-hydrogen) atoms. The quantitative estimate of drug-likeness (QED) is 0.0978. The summed E-state index contributed by atoms with van der Waals surface area (Å²) in [4.78, 5) is 0. The fourth-order valence-corrected chi connectivity index (χ4v) is 6.55. The van der Waals surface area contributed by atoms with E-state index in [2.05, 4.69) is 62.3 Å². The van der Waals surface area contributed by atoms with E-state index in [0.717, 1.165) is 19.3 Å². The Morgan fingerprint density at radius 1 is 0.382 bits per heavy atom. The fraction of sp³-hybridized carbons (Fsp3) is 1.00. The summed E-state index contributed by atoms with van der Waals surface area (Å²) in [6, 6.07) is 0. The van der Waals surface area contributed by atoms with Crippen molar-refractivity contribution in [3.8, 4) is 0 Å². The van der Waals surface area contributed by atoms with Gasteiger partial charge in [0, 0.05) is 16.8 Å². The van der Waals surface area contributed by atoms with E-state index in [1.807, 2.05) is 0 Å². The summed E-state index contributed by atoms with van der Waals surface area (Å²) >= 11 is -2.30. The monoisotopic (exact) mass is 498 g/mol. The van der Waals surface area contributed by atoms with E-state index < -0.39 is 15.1 Å². The standard InChI is InChI=1S/3C10H21O.Al/c3*1-4-5-6-7-8-9-10(2,3)11;/h3*4-9H2,1-3H3;/q3*-1;+3. The van der Waals surface area contributed by atoms with Gasteiger partial charge < -0.3 is 11.4 Å². The molecule has 0 aromatic rings. The molecule has 0 N–H and O–H groups in total. The first-order chi connectivity index (χ1) is 16.0. The SMILES string of the molecule is CCCCCCCC(C)(C)[O][Al]([O]C(C)(C)CCCCCCC)[O]C(C)(C)CCCCCCC. The highest BCUT2D eigenvalue weighted by Crippen LogP contribution is 2.29. The van der Waals surface area contributed by atoms with Gasteiger partial charge in [-0.1, -0.05) is 117 Å². The molecule has 0 heterocycles. The number of rotatable bonds is 24. The molecule has 4 heteroatoms. The second-order valence-corrected chi connectivity index (χ2v) is 13.7. The highest BCUT2D eigenvalue weighted by Gasteiger charge is 2.45. The molecule has 0 aliphatic rings. The molecule has 0 fully saturated rings. The normalized spacial score (nSPS) is 13.0. The summed E-state index contributed by atoms with van der Waals surface area (Å²) in [7, 11) is 0. The van der Waals surface area contributed by atoms with Gasteiger partial charge in [0.25, 0.3) is 0 Å². The van der Waals surface area contributed by atoms with Gasteiger partial charge >= 0.3 is 15.1 Å². The molecular formula is C30H63AlO3. The van der Waals surface area contributed by atoms with Crippen LogP contribution in [0.3, 0.4) is 0 Å². The molecular weight excluding hydrogens is 435 g/mol. The zero-order valence-corrected chi connectivity index (χ0v) is 26.2. The minimum absolute atomic E-state index is 0.197. The predicted octanol–water partition coefficient (Wildman–Crippen LogP) is 10.4. The van der Waals surface area contributed by atoms with Gasteiger partial charge in [-0.2, -0.15) is 0 Å². The summed E-state index contributed by atoms with van der Waals surface area (Å²) < 4.78 is 20.1. The van der Waals surface area contributed by atoms with Crippen molar-refractivity contribution in [3.63, 3.8) is 0 Å². The van der Waals surface area contributed by atoms with Crippen molar-refractivity contribution in [2.75, 3.05) is 0 Å². The Morgan fingerprint density at radius 2 is 0.618 bits per heavy atom. The third-order valence-corrected chi connectivity index (χ3v) is 9.38. The van der Waals surface area contributed by atoms with Crippen molar-refractivity contribution >= 4 is 15.1 Å². The summed E-state index contributed by atoms with van der Waals surface area (Å²) in [5, 5.41) is 0. The number of hydrogen-bond acceptors (Lipinski definition) is 3. The second kappa shape index (κ2) is 19.5. The van der Waals surface area contributed by atoms with Crippen LogP contribution < -0.4 is 0 Å². The first-order valence-corrected chi connectivity index (χ1v) is 16.4. The van der Waals surface area contributed by atoms with E-state index >= 15 is 0 Å². The summed E-state index contributed by atoms with van der Waals surface area (Å²) in [6.07, 6.45) is 22.6. The van der Waals surface area contributed by atoms with Crippen molar-refractivity contribution < 1.29 is 11.4 Å². The van der Waals surface area contributed by atoms with Crippen LogP contribution in [0.5, 0.6) is 0 Å². The maximum absolute atomic E-state index is 6.70. The van der Waals surface area contributed by atoms with E-state index in [0.29, 0.717) is 0 Å². The Morgan fingerprint density at radius 3 is 0.853 bits per heavy atom. The van der Waals surface area contributed by atoms with Gasteiger partial charge in [-0.25, -0.2) is 0 Å². The lowest BCUT2D eigenvalue weighted by Crippen LogP contribution is -2.47. The Bertz CT molecular complexity index is 395. The lowest BCUT2D eigenvalue weighted by atomic mass is 10.00. The molecule has 0 amide bonds. The summed E-state index contributed by atoms with van der Waals surface area (Å²) in [5.74, 6) is 0. The molecule has 0 atom stereocenters. The van der Waals surface area contributed by atoms with Crippen LogP contribution in [0.2, 0.25) is 0 Å². The maximum Gasteiger partial charge on any atom is 0.906 e. The molecule has 0 bridgehead atoms. The smallest absolute Gasteiger partial charge is 0.450 e. The molecule has 0 aromatic carbocycles. The van der Waals surface area contributed by atoms with Gasteiger partial charge in [-0.3, -0.25) is 0 Å². The number of unbranched alkanes of at least 4 members (excludes halogenated alkanes) is 12. The average Bonchev–Trinajstić information content (AvgIpc) is 2.72. The van der Waals surface area contributed by atoms with Gasteiger partial charge in [0.05, 0.1) is 0 Å². The van der Waals surface area contributed by atoms with Crippen LogP contribution in [0.15, 0.2) is 0 Å². The van der Waals surface area contributed by atoms with E-state index in [1.54, 1.807) is 0 Å².